The summed E-state index contributed by atoms with van der Waals surface area (Å²) in [5.41, 5.74) is 0.690. The summed E-state index contributed by atoms with van der Waals surface area (Å²) >= 11 is 0. The predicted molar refractivity (Wildman–Crippen MR) is 99.8 cm³/mol. The Labute approximate surface area is 148 Å². The third kappa shape index (κ3) is 3.44. The van der Waals surface area contributed by atoms with Gasteiger partial charge in [-0.2, -0.15) is 4.31 Å². The molecule has 0 heterocycles. The number of rotatable bonds is 5. The zero-order chi connectivity index (χ0) is 18.0. The summed E-state index contributed by atoms with van der Waals surface area (Å²) in [7, 11) is -2.21. The van der Waals surface area contributed by atoms with Crippen molar-refractivity contribution in [2.75, 3.05) is 7.05 Å². The molecule has 0 aliphatic heterocycles. The standard InChI is InChI=1S/C20H21NO3S/c1-15(20(22)17-9-4-3-5-10-17)21(2)25(23,24)19-13-12-16-8-6-7-11-18(16)14-19/h3-15,20,22H,1-2H3. The number of fused-ring (bicyclic) bond motifs is 1. The average molecular weight is 355 g/mol. The summed E-state index contributed by atoms with van der Waals surface area (Å²) < 4.78 is 27.2. The maximum absolute atomic E-state index is 13.0. The molecule has 0 fully saturated rings. The lowest BCUT2D eigenvalue weighted by Crippen LogP contribution is -2.39. The van der Waals surface area contributed by atoms with E-state index >= 15 is 0 Å². The molecule has 0 aliphatic rings. The summed E-state index contributed by atoms with van der Waals surface area (Å²) in [6, 6.07) is 21.2. The van der Waals surface area contributed by atoms with E-state index in [4.69, 9.17) is 0 Å². The molecule has 0 saturated heterocycles. The normalized spacial score (nSPS) is 14.6. The minimum absolute atomic E-state index is 0.223. The fraction of sp³-hybridized carbons (Fsp3) is 0.200. The lowest BCUT2D eigenvalue weighted by molar-refractivity contribution is 0.108. The predicted octanol–water partition coefficient (Wildman–Crippen LogP) is 3.58. The van der Waals surface area contributed by atoms with Gasteiger partial charge in [0.15, 0.2) is 0 Å². The van der Waals surface area contributed by atoms with Crippen LogP contribution in [-0.4, -0.2) is 30.9 Å². The van der Waals surface area contributed by atoms with Crippen molar-refractivity contribution in [3.63, 3.8) is 0 Å². The van der Waals surface area contributed by atoms with E-state index in [9.17, 15) is 13.5 Å². The number of benzene rings is 3. The van der Waals surface area contributed by atoms with Crippen molar-refractivity contribution in [2.24, 2.45) is 0 Å². The van der Waals surface area contributed by atoms with E-state index in [-0.39, 0.29) is 4.90 Å². The number of sulfonamides is 1. The third-order valence-corrected chi connectivity index (χ3v) is 6.51. The molecule has 0 bridgehead atoms. The Morgan fingerprint density at radius 1 is 0.880 bits per heavy atom. The monoisotopic (exact) mass is 355 g/mol. The van der Waals surface area contributed by atoms with Crippen molar-refractivity contribution in [2.45, 2.75) is 24.0 Å². The summed E-state index contributed by atoms with van der Waals surface area (Å²) in [5, 5.41) is 12.4. The number of aliphatic hydroxyl groups is 1. The Bertz CT molecular complexity index is 970. The fourth-order valence-electron chi connectivity index (χ4n) is 2.84. The number of nitrogens with zero attached hydrogens (tertiary/aromatic N) is 1. The van der Waals surface area contributed by atoms with E-state index in [1.165, 1.54) is 11.4 Å². The van der Waals surface area contributed by atoms with Crippen molar-refractivity contribution in [3.05, 3.63) is 78.4 Å². The highest BCUT2D eigenvalue weighted by Crippen LogP contribution is 2.26. The topological polar surface area (TPSA) is 57.6 Å². The summed E-state index contributed by atoms with van der Waals surface area (Å²) in [6.45, 7) is 1.70. The maximum atomic E-state index is 13.0. The molecule has 5 heteroatoms. The van der Waals surface area contributed by atoms with Crippen LogP contribution >= 0.6 is 0 Å². The lowest BCUT2D eigenvalue weighted by Gasteiger charge is -2.28. The second kappa shape index (κ2) is 6.96. The summed E-state index contributed by atoms with van der Waals surface area (Å²) in [4.78, 5) is 0.223. The smallest absolute Gasteiger partial charge is 0.243 e. The Morgan fingerprint density at radius 2 is 1.48 bits per heavy atom. The quantitative estimate of drug-likeness (QED) is 0.761. The van der Waals surface area contributed by atoms with Gasteiger partial charge in [0.25, 0.3) is 0 Å². The van der Waals surface area contributed by atoms with Gasteiger partial charge in [-0.1, -0.05) is 60.7 Å². The van der Waals surface area contributed by atoms with E-state index in [2.05, 4.69) is 0 Å². The highest BCUT2D eigenvalue weighted by atomic mass is 32.2. The van der Waals surface area contributed by atoms with Crippen molar-refractivity contribution in [1.29, 1.82) is 0 Å². The van der Waals surface area contributed by atoms with Gasteiger partial charge in [-0.25, -0.2) is 8.42 Å². The first-order chi connectivity index (χ1) is 11.9. The number of hydrogen-bond donors (Lipinski definition) is 1. The first kappa shape index (κ1) is 17.6. The van der Waals surface area contributed by atoms with Gasteiger partial charge < -0.3 is 5.11 Å². The van der Waals surface area contributed by atoms with Gasteiger partial charge in [0, 0.05) is 7.05 Å². The van der Waals surface area contributed by atoms with Crippen LogP contribution in [0.15, 0.2) is 77.7 Å². The van der Waals surface area contributed by atoms with Gasteiger partial charge in [-0.15, -0.1) is 0 Å². The van der Waals surface area contributed by atoms with Crippen LogP contribution in [0.5, 0.6) is 0 Å². The second-order valence-electron chi connectivity index (χ2n) is 6.13. The zero-order valence-corrected chi connectivity index (χ0v) is 15.0. The van der Waals surface area contributed by atoms with Crippen LogP contribution in [0.1, 0.15) is 18.6 Å². The molecule has 0 aromatic heterocycles. The first-order valence-electron chi connectivity index (χ1n) is 8.11. The van der Waals surface area contributed by atoms with E-state index in [0.717, 1.165) is 10.8 Å². The molecule has 0 spiro atoms. The largest absolute Gasteiger partial charge is 0.387 e. The van der Waals surface area contributed by atoms with Gasteiger partial charge in [0.1, 0.15) is 0 Å². The molecular weight excluding hydrogens is 334 g/mol. The molecule has 0 aliphatic carbocycles. The molecule has 0 amide bonds. The molecule has 2 unspecified atom stereocenters. The molecule has 130 valence electrons. The maximum Gasteiger partial charge on any atom is 0.243 e. The van der Waals surface area contributed by atoms with Gasteiger partial charge >= 0.3 is 0 Å². The third-order valence-electron chi connectivity index (χ3n) is 4.57. The molecule has 0 saturated carbocycles. The summed E-state index contributed by atoms with van der Waals surface area (Å²) in [6.07, 6.45) is -0.901. The zero-order valence-electron chi connectivity index (χ0n) is 14.2. The van der Waals surface area contributed by atoms with E-state index < -0.39 is 22.2 Å². The summed E-state index contributed by atoms with van der Waals surface area (Å²) in [5.74, 6) is 0. The van der Waals surface area contributed by atoms with E-state index in [1.807, 2.05) is 42.5 Å². The Hall–Kier alpha value is -2.21. The highest BCUT2D eigenvalue weighted by Gasteiger charge is 2.30. The van der Waals surface area contributed by atoms with Crippen LogP contribution < -0.4 is 0 Å². The van der Waals surface area contributed by atoms with Crippen molar-refractivity contribution >= 4 is 20.8 Å². The SMILES string of the molecule is CC(C(O)c1ccccc1)N(C)S(=O)(=O)c1ccc2ccccc2c1. The second-order valence-corrected chi connectivity index (χ2v) is 8.12. The minimum Gasteiger partial charge on any atom is -0.387 e. The van der Waals surface area contributed by atoms with Crippen LogP contribution in [0, 0.1) is 0 Å². The van der Waals surface area contributed by atoms with Crippen LogP contribution in [0.4, 0.5) is 0 Å². The Kier molecular flexibility index (Phi) is 4.90. The van der Waals surface area contributed by atoms with Gasteiger partial charge in [0.2, 0.25) is 10.0 Å². The first-order valence-corrected chi connectivity index (χ1v) is 9.55. The van der Waals surface area contributed by atoms with Crippen LogP contribution in [-0.2, 0) is 10.0 Å². The molecule has 1 N–H and O–H groups in total. The molecular formula is C20H21NO3S. The number of hydrogen-bond acceptors (Lipinski definition) is 3. The van der Waals surface area contributed by atoms with Gasteiger partial charge in [0.05, 0.1) is 17.0 Å². The van der Waals surface area contributed by atoms with E-state index in [1.54, 1.807) is 37.3 Å². The molecule has 25 heavy (non-hydrogen) atoms. The number of likely N-dealkylation sites (N-methyl/N-ethyl adjacent to an activating group) is 1. The number of aliphatic hydroxyl groups excluding tert-OH is 1. The van der Waals surface area contributed by atoms with E-state index in [0.29, 0.717) is 5.56 Å². The average Bonchev–Trinajstić information content (AvgIpc) is 2.66. The van der Waals surface area contributed by atoms with Crippen molar-refractivity contribution in [1.82, 2.24) is 4.31 Å². The fourth-order valence-corrected chi connectivity index (χ4v) is 4.24. The molecule has 3 aromatic rings. The molecule has 2 atom stereocenters. The van der Waals surface area contributed by atoms with Crippen LogP contribution in [0.25, 0.3) is 10.8 Å². The molecule has 3 rings (SSSR count). The van der Waals surface area contributed by atoms with Gasteiger partial charge in [-0.3, -0.25) is 0 Å². The molecule has 0 radical (unpaired) electrons. The van der Waals surface area contributed by atoms with Crippen molar-refractivity contribution < 1.29 is 13.5 Å². The lowest BCUT2D eigenvalue weighted by atomic mass is 10.0. The Balaban J connectivity index is 1.92. The van der Waals surface area contributed by atoms with Crippen LogP contribution in [0.3, 0.4) is 0 Å². The highest BCUT2D eigenvalue weighted by molar-refractivity contribution is 7.89. The van der Waals surface area contributed by atoms with Crippen LogP contribution in [0.2, 0.25) is 0 Å². The Morgan fingerprint density at radius 3 is 2.16 bits per heavy atom. The molecule has 4 nitrogen and oxygen atoms in total. The minimum atomic E-state index is -3.71. The molecule has 3 aromatic carbocycles. The van der Waals surface area contributed by atoms with Gasteiger partial charge in [-0.05, 0) is 35.4 Å². The van der Waals surface area contributed by atoms with Crippen molar-refractivity contribution in [3.8, 4) is 0 Å².